The fourth-order valence-corrected chi connectivity index (χ4v) is 7.27. The molecule has 2 aromatic rings. The van der Waals surface area contributed by atoms with Gasteiger partial charge in [0.25, 0.3) is 0 Å². The molecular weight excluding hydrogens is 324 g/mol. The second-order valence-corrected chi connectivity index (χ2v) is 9.26. The summed E-state index contributed by atoms with van der Waals surface area (Å²) >= 11 is 0. The van der Waals surface area contributed by atoms with Crippen LogP contribution in [0.2, 0.25) is 0 Å². The quantitative estimate of drug-likeness (QED) is 0.895. The molecule has 2 aromatic carbocycles. The predicted octanol–water partition coefficient (Wildman–Crippen LogP) is 3.33. The molecule has 0 saturated heterocycles. The molecule has 1 aliphatic rings. The molecular formula is C15H16O5S2. The Labute approximate surface area is 130 Å². The fraction of sp³-hybridized carbons (Fsp3) is 0.200. The van der Waals surface area contributed by atoms with Crippen LogP contribution in [-0.4, -0.2) is 30.4 Å². The first-order valence-electron chi connectivity index (χ1n) is 6.60. The largest absolute Gasteiger partial charge is 0.495 e. The minimum Gasteiger partial charge on any atom is -0.495 e. The average molecular weight is 340 g/mol. The van der Waals surface area contributed by atoms with Gasteiger partial charge in [-0.15, -0.1) is 0 Å². The third-order valence-electron chi connectivity index (χ3n) is 3.75. The zero-order valence-electron chi connectivity index (χ0n) is 11.8. The van der Waals surface area contributed by atoms with Gasteiger partial charge in [0.1, 0.15) is 15.9 Å². The first-order valence-corrected chi connectivity index (χ1v) is 9.86. The smallest absolute Gasteiger partial charge is 0.190 e. The zero-order valence-corrected chi connectivity index (χ0v) is 13.5. The Kier molecular flexibility index (Phi) is 3.68. The van der Waals surface area contributed by atoms with Gasteiger partial charge in [-0.3, -0.25) is 9.11 Å². The van der Waals surface area contributed by atoms with Gasteiger partial charge in [0.15, 0.2) is 9.84 Å². The highest BCUT2D eigenvalue weighted by Gasteiger charge is 2.43. The highest BCUT2D eigenvalue weighted by atomic mass is 32.3. The molecule has 0 bridgehead atoms. The molecule has 1 unspecified atom stereocenters. The summed E-state index contributed by atoms with van der Waals surface area (Å²) in [5.41, 5.74) is 0.452. The van der Waals surface area contributed by atoms with Crippen LogP contribution in [-0.2, 0) is 9.84 Å². The van der Waals surface area contributed by atoms with Crippen LogP contribution in [0, 0.1) is 0 Å². The van der Waals surface area contributed by atoms with Crippen molar-refractivity contribution in [2.24, 2.45) is 0 Å². The maximum Gasteiger partial charge on any atom is 0.190 e. The van der Waals surface area contributed by atoms with Crippen molar-refractivity contribution in [3.63, 3.8) is 0 Å². The van der Waals surface area contributed by atoms with E-state index < -0.39 is 25.7 Å². The van der Waals surface area contributed by atoms with Crippen LogP contribution >= 0.6 is 10.6 Å². The highest BCUT2D eigenvalue weighted by molar-refractivity contribution is 8.25. The van der Waals surface area contributed by atoms with Crippen molar-refractivity contribution in [3.05, 3.63) is 54.1 Å². The lowest BCUT2D eigenvalue weighted by Gasteiger charge is -2.27. The summed E-state index contributed by atoms with van der Waals surface area (Å²) in [7, 11) is -5.47. The van der Waals surface area contributed by atoms with Crippen molar-refractivity contribution in [1.82, 2.24) is 0 Å². The van der Waals surface area contributed by atoms with Crippen LogP contribution in [0.5, 0.6) is 5.75 Å². The lowest BCUT2D eigenvalue weighted by molar-refractivity contribution is 0.402. The monoisotopic (exact) mass is 340 g/mol. The van der Waals surface area contributed by atoms with Gasteiger partial charge in [0.05, 0.1) is 17.8 Å². The van der Waals surface area contributed by atoms with E-state index in [-0.39, 0.29) is 16.4 Å². The highest BCUT2D eigenvalue weighted by Crippen LogP contribution is 2.61. The molecule has 7 heteroatoms. The molecule has 0 fully saturated rings. The average Bonchev–Trinajstić information content (AvgIpc) is 2.80. The maximum atomic E-state index is 13.0. The molecule has 3 rings (SSSR count). The predicted molar refractivity (Wildman–Crippen MR) is 85.3 cm³/mol. The summed E-state index contributed by atoms with van der Waals surface area (Å²) in [6.07, 6.45) is 0. The molecule has 0 aromatic heterocycles. The Morgan fingerprint density at radius 3 is 2.45 bits per heavy atom. The van der Waals surface area contributed by atoms with Gasteiger partial charge in [-0.2, -0.15) is 10.6 Å². The van der Waals surface area contributed by atoms with E-state index >= 15 is 0 Å². The first kappa shape index (κ1) is 15.4. The number of fused-ring (bicyclic) bond motifs is 1. The lowest BCUT2D eigenvalue weighted by Crippen LogP contribution is -2.16. The lowest BCUT2D eigenvalue weighted by atomic mass is 10.2. The van der Waals surface area contributed by atoms with Crippen LogP contribution in [0.4, 0.5) is 0 Å². The minimum atomic E-state index is -3.79. The molecule has 0 saturated carbocycles. The summed E-state index contributed by atoms with van der Waals surface area (Å²) in [6.45, 7) is 0. The van der Waals surface area contributed by atoms with Crippen LogP contribution in [0.1, 0.15) is 10.8 Å². The molecule has 1 heterocycles. The Hall–Kier alpha value is -1.54. The Bertz CT molecular complexity index is 814. The van der Waals surface area contributed by atoms with Gasteiger partial charge in [0, 0.05) is 0 Å². The molecule has 5 nitrogen and oxygen atoms in total. The number of para-hydroxylation sites is 1. The Balaban J connectivity index is 2.16. The fourth-order valence-electron chi connectivity index (χ4n) is 2.70. The summed E-state index contributed by atoms with van der Waals surface area (Å²) in [5.74, 6) is 0.0376. The second-order valence-electron chi connectivity index (χ2n) is 5.06. The van der Waals surface area contributed by atoms with Gasteiger partial charge in [-0.1, -0.05) is 30.3 Å². The number of rotatable bonds is 3. The Morgan fingerprint density at radius 2 is 1.73 bits per heavy atom. The molecule has 0 radical (unpaired) electrons. The van der Waals surface area contributed by atoms with Gasteiger partial charge >= 0.3 is 0 Å². The number of hydrogen-bond acceptors (Lipinski definition) is 5. The van der Waals surface area contributed by atoms with Crippen molar-refractivity contribution < 1.29 is 22.3 Å². The van der Waals surface area contributed by atoms with E-state index in [1.165, 1.54) is 13.2 Å². The van der Waals surface area contributed by atoms with Crippen molar-refractivity contribution in [3.8, 4) is 5.75 Å². The van der Waals surface area contributed by atoms with Crippen molar-refractivity contribution in [1.29, 1.82) is 0 Å². The van der Waals surface area contributed by atoms with Gasteiger partial charge in [0.2, 0.25) is 0 Å². The molecule has 118 valence electrons. The van der Waals surface area contributed by atoms with E-state index in [4.69, 9.17) is 4.74 Å². The summed E-state index contributed by atoms with van der Waals surface area (Å²) in [6, 6.07) is 12.9. The topological polar surface area (TPSA) is 83.8 Å². The third kappa shape index (κ3) is 2.30. The van der Waals surface area contributed by atoms with E-state index in [2.05, 4.69) is 0 Å². The van der Waals surface area contributed by atoms with E-state index in [1.54, 1.807) is 42.5 Å². The zero-order chi connectivity index (χ0) is 16.0. The van der Waals surface area contributed by atoms with Gasteiger partial charge in [-0.05, 0) is 23.8 Å². The van der Waals surface area contributed by atoms with Crippen LogP contribution < -0.4 is 4.74 Å². The number of sulfone groups is 1. The van der Waals surface area contributed by atoms with E-state index in [9.17, 15) is 17.5 Å². The minimum absolute atomic E-state index is 0.0643. The Morgan fingerprint density at radius 1 is 1.09 bits per heavy atom. The summed E-state index contributed by atoms with van der Waals surface area (Å²) in [4.78, 5) is 0.382. The van der Waals surface area contributed by atoms with Crippen molar-refractivity contribution >= 4 is 20.4 Å². The molecule has 0 amide bonds. The third-order valence-corrected chi connectivity index (χ3v) is 7.96. The maximum absolute atomic E-state index is 13.0. The number of ether oxygens (including phenoxy) is 1. The molecule has 2 N–H and O–H groups in total. The number of hydrogen-bond donors (Lipinski definition) is 2. The van der Waals surface area contributed by atoms with Crippen molar-refractivity contribution in [2.75, 3.05) is 12.9 Å². The van der Waals surface area contributed by atoms with Crippen LogP contribution in [0.25, 0.3) is 0 Å². The summed E-state index contributed by atoms with van der Waals surface area (Å²) < 4.78 is 51.5. The van der Waals surface area contributed by atoms with E-state index in [0.717, 1.165) is 0 Å². The van der Waals surface area contributed by atoms with Gasteiger partial charge in [-0.25, -0.2) is 8.42 Å². The number of benzene rings is 2. The molecule has 1 aliphatic heterocycles. The normalized spacial score (nSPS) is 21.1. The first-order chi connectivity index (χ1) is 10.4. The molecule has 1 atom stereocenters. The van der Waals surface area contributed by atoms with Crippen molar-refractivity contribution in [2.45, 2.75) is 15.0 Å². The molecule has 0 aliphatic carbocycles. The van der Waals surface area contributed by atoms with E-state index in [0.29, 0.717) is 10.5 Å². The van der Waals surface area contributed by atoms with Crippen LogP contribution in [0.3, 0.4) is 0 Å². The SMILES string of the molecule is COc1ccccc1S(=O)(=O)C1CS(O)(O)c2ccccc21. The molecule has 22 heavy (non-hydrogen) atoms. The standard InChI is InChI=1S/C15H16O5S2/c1-20-12-7-3-5-9-14(12)22(18,19)15-10-21(16,17)13-8-4-2-6-11(13)15/h2-9,15-17H,10H2,1H3. The summed E-state index contributed by atoms with van der Waals surface area (Å²) in [5, 5.41) is -0.981. The number of methoxy groups -OCH3 is 1. The van der Waals surface area contributed by atoms with E-state index in [1.807, 2.05) is 0 Å². The van der Waals surface area contributed by atoms with Gasteiger partial charge < -0.3 is 4.74 Å². The van der Waals surface area contributed by atoms with Crippen LogP contribution in [0.15, 0.2) is 58.3 Å². The molecule has 0 spiro atoms. The second kappa shape index (κ2) is 5.27.